The Labute approximate surface area is 103 Å². The molecule has 2 amide bonds. The van der Waals surface area contributed by atoms with Crippen LogP contribution in [0.3, 0.4) is 0 Å². The highest BCUT2D eigenvalue weighted by molar-refractivity contribution is 5.98. The molecule has 0 saturated heterocycles. The highest BCUT2D eigenvalue weighted by Crippen LogP contribution is 2.05. The molecule has 1 rings (SSSR count). The molecular formula is C10H14N4O4. The minimum absolute atomic E-state index is 0.258. The van der Waals surface area contributed by atoms with Crippen LogP contribution >= 0.6 is 0 Å². The molecule has 18 heavy (non-hydrogen) atoms. The van der Waals surface area contributed by atoms with Gasteiger partial charge in [0, 0.05) is 13.2 Å². The van der Waals surface area contributed by atoms with Crippen LogP contribution in [0.25, 0.3) is 0 Å². The first-order valence-corrected chi connectivity index (χ1v) is 5.13. The predicted molar refractivity (Wildman–Crippen MR) is 60.6 cm³/mol. The second-order valence-corrected chi connectivity index (χ2v) is 3.84. The zero-order valence-electron chi connectivity index (χ0n) is 10.0. The monoisotopic (exact) mass is 254 g/mol. The van der Waals surface area contributed by atoms with Crippen LogP contribution in [0.2, 0.25) is 0 Å². The molecule has 8 heteroatoms. The number of carbonyl (C=O) groups excluding carboxylic acids is 2. The fourth-order valence-corrected chi connectivity index (χ4v) is 1.46. The molecule has 0 aromatic carbocycles. The van der Waals surface area contributed by atoms with Crippen molar-refractivity contribution >= 4 is 17.8 Å². The number of aryl methyl sites for hydroxylation is 2. The topological polar surface area (TPSA) is 127 Å². The number of nitrogens with zero attached hydrogens (tertiary/aromatic N) is 2. The van der Waals surface area contributed by atoms with Crippen molar-refractivity contribution in [3.63, 3.8) is 0 Å². The van der Waals surface area contributed by atoms with E-state index in [0.29, 0.717) is 5.69 Å². The van der Waals surface area contributed by atoms with E-state index in [1.165, 1.54) is 10.9 Å². The third-order valence-corrected chi connectivity index (χ3v) is 2.27. The Hall–Kier alpha value is -2.38. The third kappa shape index (κ3) is 3.30. The Balaban J connectivity index is 2.81. The lowest BCUT2D eigenvalue weighted by atomic mass is 10.1. The summed E-state index contributed by atoms with van der Waals surface area (Å²) >= 11 is 0. The van der Waals surface area contributed by atoms with Gasteiger partial charge in [0.15, 0.2) is 0 Å². The van der Waals surface area contributed by atoms with Crippen LogP contribution in [0, 0.1) is 6.92 Å². The van der Waals surface area contributed by atoms with Gasteiger partial charge in [-0.05, 0) is 6.92 Å². The second-order valence-electron chi connectivity index (χ2n) is 3.84. The Morgan fingerprint density at radius 3 is 2.56 bits per heavy atom. The molecule has 8 nitrogen and oxygen atoms in total. The maximum atomic E-state index is 11.8. The zero-order valence-corrected chi connectivity index (χ0v) is 10.0. The number of aromatic nitrogens is 2. The van der Waals surface area contributed by atoms with Crippen molar-refractivity contribution in [3.05, 3.63) is 17.5 Å². The van der Waals surface area contributed by atoms with Crippen molar-refractivity contribution in [2.75, 3.05) is 0 Å². The number of hydrogen-bond acceptors (Lipinski definition) is 4. The van der Waals surface area contributed by atoms with E-state index in [1.807, 2.05) is 0 Å². The molecule has 0 unspecified atom stereocenters. The number of hydrogen-bond donors (Lipinski definition) is 3. The van der Waals surface area contributed by atoms with E-state index in [-0.39, 0.29) is 5.56 Å². The van der Waals surface area contributed by atoms with Gasteiger partial charge in [0.1, 0.15) is 6.04 Å². The molecule has 0 bridgehead atoms. The number of carbonyl (C=O) groups is 3. The summed E-state index contributed by atoms with van der Waals surface area (Å²) in [4.78, 5) is 33.3. The van der Waals surface area contributed by atoms with Gasteiger partial charge in [-0.3, -0.25) is 14.3 Å². The first kappa shape index (κ1) is 13.7. The van der Waals surface area contributed by atoms with Crippen molar-refractivity contribution in [2.24, 2.45) is 12.8 Å². The van der Waals surface area contributed by atoms with Gasteiger partial charge in [0.2, 0.25) is 5.91 Å². The summed E-state index contributed by atoms with van der Waals surface area (Å²) in [5.74, 6) is -2.72. The van der Waals surface area contributed by atoms with E-state index >= 15 is 0 Å². The van der Waals surface area contributed by atoms with E-state index in [1.54, 1.807) is 14.0 Å². The quantitative estimate of drug-likeness (QED) is 0.607. The smallest absolute Gasteiger partial charge is 0.326 e. The molecule has 1 aromatic rings. The van der Waals surface area contributed by atoms with E-state index in [9.17, 15) is 14.4 Å². The van der Waals surface area contributed by atoms with Gasteiger partial charge in [-0.25, -0.2) is 4.79 Å². The fraction of sp³-hybridized carbons (Fsp3) is 0.400. The Morgan fingerprint density at radius 1 is 1.56 bits per heavy atom. The van der Waals surface area contributed by atoms with E-state index in [0.717, 1.165) is 0 Å². The largest absolute Gasteiger partial charge is 0.480 e. The van der Waals surface area contributed by atoms with Gasteiger partial charge >= 0.3 is 5.97 Å². The van der Waals surface area contributed by atoms with Crippen LogP contribution in [-0.2, 0) is 16.6 Å². The van der Waals surface area contributed by atoms with Crippen LogP contribution < -0.4 is 11.1 Å². The molecule has 0 fully saturated rings. The summed E-state index contributed by atoms with van der Waals surface area (Å²) in [6.07, 6.45) is 1.01. The maximum Gasteiger partial charge on any atom is 0.326 e. The summed E-state index contributed by atoms with van der Waals surface area (Å²) in [7, 11) is 1.64. The van der Waals surface area contributed by atoms with Gasteiger partial charge in [-0.1, -0.05) is 0 Å². The van der Waals surface area contributed by atoms with Gasteiger partial charge in [0.25, 0.3) is 5.91 Å². The number of rotatable bonds is 5. The SMILES string of the molecule is Cc1nn(C)cc1C(=O)N[C@H](CC(N)=O)C(=O)O. The summed E-state index contributed by atoms with van der Waals surface area (Å²) in [6.45, 7) is 1.62. The summed E-state index contributed by atoms with van der Waals surface area (Å²) < 4.78 is 1.44. The number of aliphatic carboxylic acids is 1. The average molecular weight is 254 g/mol. The molecule has 1 aromatic heterocycles. The standard InChI is InChI=1S/C10H14N4O4/c1-5-6(4-14(2)13-5)9(16)12-7(10(17)18)3-8(11)15/h4,7H,3H2,1-2H3,(H2,11,15)(H,12,16)(H,17,18)/t7-/m1/s1. The zero-order chi connectivity index (χ0) is 13.9. The minimum Gasteiger partial charge on any atom is -0.480 e. The Kier molecular flexibility index (Phi) is 4.03. The first-order chi connectivity index (χ1) is 8.31. The molecule has 1 atom stereocenters. The van der Waals surface area contributed by atoms with Gasteiger partial charge in [0.05, 0.1) is 17.7 Å². The molecule has 0 aliphatic heterocycles. The number of carboxylic acids is 1. The molecule has 0 spiro atoms. The molecule has 0 saturated carbocycles. The molecule has 0 aliphatic carbocycles. The highest BCUT2D eigenvalue weighted by Gasteiger charge is 2.24. The number of amides is 2. The normalized spacial score (nSPS) is 11.9. The molecule has 1 heterocycles. The summed E-state index contributed by atoms with van der Waals surface area (Å²) in [5.41, 5.74) is 5.64. The second kappa shape index (κ2) is 5.30. The molecule has 4 N–H and O–H groups in total. The lowest BCUT2D eigenvalue weighted by molar-refractivity contribution is -0.140. The van der Waals surface area contributed by atoms with Gasteiger partial charge in [-0.15, -0.1) is 0 Å². The van der Waals surface area contributed by atoms with Crippen molar-refractivity contribution in [1.29, 1.82) is 0 Å². The molecule has 98 valence electrons. The molecular weight excluding hydrogens is 240 g/mol. The fourth-order valence-electron chi connectivity index (χ4n) is 1.46. The lowest BCUT2D eigenvalue weighted by Crippen LogP contribution is -2.43. The van der Waals surface area contributed by atoms with E-state index in [2.05, 4.69) is 10.4 Å². The number of primary amides is 1. The minimum atomic E-state index is -1.34. The van der Waals surface area contributed by atoms with Gasteiger partial charge < -0.3 is 16.2 Å². The van der Waals surface area contributed by atoms with E-state index < -0.39 is 30.2 Å². The summed E-state index contributed by atoms with van der Waals surface area (Å²) in [5, 5.41) is 15.0. The molecule has 0 radical (unpaired) electrons. The third-order valence-electron chi connectivity index (χ3n) is 2.27. The van der Waals surface area contributed by atoms with Crippen LogP contribution in [-0.4, -0.2) is 38.7 Å². The number of nitrogens with two attached hydrogens (primary N) is 1. The lowest BCUT2D eigenvalue weighted by Gasteiger charge is -2.12. The maximum absolute atomic E-state index is 11.8. The van der Waals surface area contributed by atoms with Crippen LogP contribution in [0.5, 0.6) is 0 Å². The van der Waals surface area contributed by atoms with Gasteiger partial charge in [-0.2, -0.15) is 5.10 Å². The Bertz CT molecular complexity index is 494. The number of carboxylic acid groups (broad SMARTS) is 1. The van der Waals surface area contributed by atoms with Crippen molar-refractivity contribution in [1.82, 2.24) is 15.1 Å². The van der Waals surface area contributed by atoms with Crippen LogP contribution in [0.4, 0.5) is 0 Å². The van der Waals surface area contributed by atoms with Crippen molar-refractivity contribution in [2.45, 2.75) is 19.4 Å². The van der Waals surface area contributed by atoms with Crippen molar-refractivity contribution in [3.8, 4) is 0 Å². The Morgan fingerprint density at radius 2 is 2.17 bits per heavy atom. The first-order valence-electron chi connectivity index (χ1n) is 5.13. The highest BCUT2D eigenvalue weighted by atomic mass is 16.4. The van der Waals surface area contributed by atoms with Crippen molar-refractivity contribution < 1.29 is 19.5 Å². The molecule has 0 aliphatic rings. The predicted octanol–water partition coefficient (Wildman–Crippen LogP) is -1.21. The van der Waals surface area contributed by atoms with E-state index in [4.69, 9.17) is 10.8 Å². The average Bonchev–Trinajstić information content (AvgIpc) is 2.56. The van der Waals surface area contributed by atoms with Crippen LogP contribution in [0.1, 0.15) is 22.5 Å². The number of nitrogens with one attached hydrogen (secondary N) is 1. The summed E-state index contributed by atoms with van der Waals surface area (Å²) in [6, 6.07) is -1.34. The van der Waals surface area contributed by atoms with Crippen LogP contribution in [0.15, 0.2) is 6.20 Å².